The normalized spacial score (nSPS) is 21.9. The van der Waals surface area contributed by atoms with E-state index in [1.54, 1.807) is 0 Å². The van der Waals surface area contributed by atoms with E-state index in [0.717, 1.165) is 35.1 Å². The van der Waals surface area contributed by atoms with Gasteiger partial charge in [0.05, 0.1) is 6.61 Å². The van der Waals surface area contributed by atoms with Gasteiger partial charge in [-0.05, 0) is 41.0 Å². The number of carboxylic acid groups (broad SMARTS) is 1. The molecule has 0 spiro atoms. The Morgan fingerprint density at radius 3 is 2.29 bits per heavy atom. The maximum Gasteiger partial charge on any atom is 0.408 e. The van der Waals surface area contributed by atoms with Gasteiger partial charge in [-0.25, -0.2) is 9.59 Å². The highest BCUT2D eigenvalue weighted by Gasteiger charge is 2.45. The third-order valence-electron chi connectivity index (χ3n) is 7.05. The predicted molar refractivity (Wildman–Crippen MR) is 130 cm³/mol. The van der Waals surface area contributed by atoms with E-state index in [0.29, 0.717) is 12.8 Å². The molecule has 2 unspecified atom stereocenters. The zero-order valence-corrected chi connectivity index (χ0v) is 20.1. The standard InChI is InChI=1S/C27H32N2O6/c1-17-8-7-13-27(14-17,25(32)28-23(16-34-2)24(30)31)29-26(33)35-15-22-20-11-5-3-9-18(20)19-10-4-6-12-21(19)22/h3-6,9-12,17,22-23H,7-8,13-16H2,1-2H3,(H,28,32)(H,29,33)(H,30,31)/t17?,23-,27?/m0/s1. The summed E-state index contributed by atoms with van der Waals surface area (Å²) in [6.07, 6.45) is 1.80. The van der Waals surface area contributed by atoms with Crippen LogP contribution in [0.3, 0.4) is 0 Å². The van der Waals surface area contributed by atoms with Crippen LogP contribution < -0.4 is 10.6 Å². The van der Waals surface area contributed by atoms with Crippen molar-refractivity contribution in [1.29, 1.82) is 0 Å². The summed E-state index contributed by atoms with van der Waals surface area (Å²) >= 11 is 0. The SMILES string of the molecule is COC[C@H](NC(=O)C1(NC(=O)OCC2c3ccccc3-c3ccccc32)CCCC(C)C1)C(=O)O. The first-order chi connectivity index (χ1) is 16.8. The van der Waals surface area contributed by atoms with E-state index < -0.39 is 29.6 Å². The van der Waals surface area contributed by atoms with Crippen molar-refractivity contribution < 1.29 is 29.0 Å². The second-order valence-electron chi connectivity index (χ2n) is 9.55. The summed E-state index contributed by atoms with van der Waals surface area (Å²) in [7, 11) is 1.37. The van der Waals surface area contributed by atoms with Gasteiger partial charge in [-0.1, -0.05) is 68.3 Å². The molecule has 0 radical (unpaired) electrons. The Balaban J connectivity index is 1.48. The highest BCUT2D eigenvalue weighted by molar-refractivity contribution is 5.93. The van der Waals surface area contributed by atoms with E-state index in [1.165, 1.54) is 7.11 Å². The number of aliphatic carboxylic acids is 1. The molecule has 0 aromatic heterocycles. The van der Waals surface area contributed by atoms with Crippen molar-refractivity contribution in [2.45, 2.75) is 50.1 Å². The smallest absolute Gasteiger partial charge is 0.408 e. The summed E-state index contributed by atoms with van der Waals surface area (Å²) in [6.45, 7) is 1.98. The number of carbonyl (C=O) groups excluding carboxylic acids is 2. The van der Waals surface area contributed by atoms with Crippen molar-refractivity contribution in [2.24, 2.45) is 5.92 Å². The second kappa shape index (κ2) is 10.5. The molecule has 0 saturated heterocycles. The van der Waals surface area contributed by atoms with Crippen molar-refractivity contribution in [3.8, 4) is 11.1 Å². The minimum Gasteiger partial charge on any atom is -0.480 e. The number of hydrogen-bond donors (Lipinski definition) is 3. The molecule has 2 aromatic carbocycles. The fourth-order valence-electron chi connectivity index (χ4n) is 5.40. The first-order valence-electron chi connectivity index (χ1n) is 12.0. The van der Waals surface area contributed by atoms with Crippen molar-refractivity contribution in [3.63, 3.8) is 0 Å². The van der Waals surface area contributed by atoms with Crippen LogP contribution in [-0.4, -0.2) is 55.0 Å². The monoisotopic (exact) mass is 480 g/mol. The van der Waals surface area contributed by atoms with E-state index in [2.05, 4.69) is 22.8 Å². The summed E-state index contributed by atoms with van der Waals surface area (Å²) in [4.78, 5) is 37.8. The third-order valence-corrected chi connectivity index (χ3v) is 7.05. The molecule has 8 heteroatoms. The van der Waals surface area contributed by atoms with Gasteiger partial charge >= 0.3 is 12.1 Å². The molecule has 1 saturated carbocycles. The van der Waals surface area contributed by atoms with Crippen molar-refractivity contribution in [2.75, 3.05) is 20.3 Å². The fourth-order valence-corrected chi connectivity index (χ4v) is 5.40. The molecule has 3 atom stereocenters. The summed E-state index contributed by atoms with van der Waals surface area (Å²) < 4.78 is 10.6. The number of hydrogen-bond acceptors (Lipinski definition) is 5. The van der Waals surface area contributed by atoms with Gasteiger partial charge in [0.25, 0.3) is 0 Å². The zero-order chi connectivity index (χ0) is 25.0. The number of alkyl carbamates (subject to hydrolysis) is 1. The maximum absolute atomic E-state index is 13.3. The summed E-state index contributed by atoms with van der Waals surface area (Å²) in [5.74, 6) is -1.63. The Morgan fingerprint density at radius 2 is 1.71 bits per heavy atom. The zero-order valence-electron chi connectivity index (χ0n) is 20.1. The van der Waals surface area contributed by atoms with Gasteiger partial charge in [0, 0.05) is 13.0 Å². The van der Waals surface area contributed by atoms with Crippen LogP contribution in [0.5, 0.6) is 0 Å². The fraction of sp³-hybridized carbons (Fsp3) is 0.444. The van der Waals surface area contributed by atoms with Gasteiger partial charge in [0.15, 0.2) is 6.04 Å². The van der Waals surface area contributed by atoms with Crippen LogP contribution in [-0.2, 0) is 19.1 Å². The van der Waals surface area contributed by atoms with Gasteiger partial charge in [-0.3, -0.25) is 4.79 Å². The van der Waals surface area contributed by atoms with Crippen LogP contribution in [0.4, 0.5) is 4.79 Å². The molecular weight excluding hydrogens is 448 g/mol. The number of carboxylic acids is 1. The first-order valence-corrected chi connectivity index (χ1v) is 12.0. The molecule has 4 rings (SSSR count). The van der Waals surface area contributed by atoms with Gasteiger partial charge < -0.3 is 25.2 Å². The number of carbonyl (C=O) groups is 3. The lowest BCUT2D eigenvalue weighted by molar-refractivity contribution is -0.144. The van der Waals surface area contributed by atoms with Crippen molar-refractivity contribution in [1.82, 2.24) is 10.6 Å². The van der Waals surface area contributed by atoms with E-state index >= 15 is 0 Å². The predicted octanol–water partition coefficient (Wildman–Crippen LogP) is 3.69. The summed E-state index contributed by atoms with van der Waals surface area (Å²) in [5.41, 5.74) is 3.23. The lowest BCUT2D eigenvalue weighted by Crippen LogP contribution is -2.63. The molecule has 2 aliphatic carbocycles. The average molecular weight is 481 g/mol. The Bertz CT molecular complexity index is 1060. The Hall–Kier alpha value is -3.39. The summed E-state index contributed by atoms with van der Waals surface area (Å²) in [5, 5.41) is 14.8. The third kappa shape index (κ3) is 5.17. The van der Waals surface area contributed by atoms with Gasteiger partial charge in [0.1, 0.15) is 12.1 Å². The Labute approximate surface area is 205 Å². The topological polar surface area (TPSA) is 114 Å². The quantitative estimate of drug-likeness (QED) is 0.531. The lowest BCUT2D eigenvalue weighted by atomic mass is 9.75. The highest BCUT2D eigenvalue weighted by atomic mass is 16.5. The van der Waals surface area contributed by atoms with E-state index in [4.69, 9.17) is 9.47 Å². The van der Waals surface area contributed by atoms with Crippen LogP contribution in [0.15, 0.2) is 48.5 Å². The number of methoxy groups -OCH3 is 1. The number of benzene rings is 2. The van der Waals surface area contributed by atoms with Crippen molar-refractivity contribution in [3.05, 3.63) is 59.7 Å². The number of fused-ring (bicyclic) bond motifs is 3. The Morgan fingerprint density at radius 1 is 1.09 bits per heavy atom. The second-order valence-corrected chi connectivity index (χ2v) is 9.55. The first kappa shape index (κ1) is 24.7. The van der Waals surface area contributed by atoms with Gasteiger partial charge in [-0.2, -0.15) is 0 Å². The minimum absolute atomic E-state index is 0.0960. The van der Waals surface area contributed by atoms with Crippen molar-refractivity contribution >= 4 is 18.0 Å². The highest BCUT2D eigenvalue weighted by Crippen LogP contribution is 2.44. The maximum atomic E-state index is 13.3. The molecule has 0 aliphatic heterocycles. The molecule has 2 aromatic rings. The van der Waals surface area contributed by atoms with Crippen LogP contribution in [0.25, 0.3) is 11.1 Å². The molecule has 0 bridgehead atoms. The number of amides is 2. The molecule has 1 fully saturated rings. The molecular formula is C27H32N2O6. The number of rotatable bonds is 8. The van der Waals surface area contributed by atoms with Crippen LogP contribution in [0, 0.1) is 5.92 Å². The molecule has 0 heterocycles. The van der Waals surface area contributed by atoms with Gasteiger partial charge in [-0.15, -0.1) is 0 Å². The Kier molecular flexibility index (Phi) is 7.40. The van der Waals surface area contributed by atoms with E-state index in [-0.39, 0.29) is 25.0 Å². The number of ether oxygens (including phenoxy) is 2. The molecule has 2 amide bonds. The van der Waals surface area contributed by atoms with Crippen LogP contribution in [0.2, 0.25) is 0 Å². The van der Waals surface area contributed by atoms with E-state index in [1.807, 2.05) is 43.3 Å². The molecule has 8 nitrogen and oxygen atoms in total. The van der Waals surface area contributed by atoms with Crippen LogP contribution in [0.1, 0.15) is 49.7 Å². The lowest BCUT2D eigenvalue weighted by Gasteiger charge is -2.39. The molecule has 3 N–H and O–H groups in total. The number of nitrogens with one attached hydrogen (secondary N) is 2. The van der Waals surface area contributed by atoms with Crippen LogP contribution >= 0.6 is 0 Å². The molecule has 35 heavy (non-hydrogen) atoms. The summed E-state index contributed by atoms with van der Waals surface area (Å²) in [6, 6.07) is 14.9. The minimum atomic E-state index is -1.23. The molecule has 186 valence electrons. The average Bonchev–Trinajstić information content (AvgIpc) is 3.16. The van der Waals surface area contributed by atoms with E-state index in [9.17, 15) is 19.5 Å². The van der Waals surface area contributed by atoms with Gasteiger partial charge in [0.2, 0.25) is 5.91 Å². The molecule has 2 aliphatic rings. The largest absolute Gasteiger partial charge is 0.480 e.